The third-order valence-electron chi connectivity index (χ3n) is 2.21. The molecule has 0 aliphatic heterocycles. The SMILES string of the molecule is Fc1ccc(-c2ccc(CCl)c(F)n2)cc1. The molecule has 1 heterocycles. The molecular formula is C12H8ClF2N. The Kier molecular flexibility index (Phi) is 3.15. The van der Waals surface area contributed by atoms with E-state index in [0.29, 0.717) is 16.8 Å². The van der Waals surface area contributed by atoms with Crippen LogP contribution in [0.3, 0.4) is 0 Å². The first-order valence-corrected chi connectivity index (χ1v) is 5.21. The number of nitrogens with zero attached hydrogens (tertiary/aromatic N) is 1. The zero-order chi connectivity index (χ0) is 11.5. The van der Waals surface area contributed by atoms with E-state index in [9.17, 15) is 8.78 Å². The van der Waals surface area contributed by atoms with Gasteiger partial charge in [0.2, 0.25) is 5.95 Å². The fraction of sp³-hybridized carbons (Fsp3) is 0.0833. The van der Waals surface area contributed by atoms with Crippen LogP contribution < -0.4 is 0 Å². The molecule has 4 heteroatoms. The Labute approximate surface area is 96.7 Å². The molecule has 16 heavy (non-hydrogen) atoms. The van der Waals surface area contributed by atoms with E-state index in [1.165, 1.54) is 12.1 Å². The van der Waals surface area contributed by atoms with Crippen LogP contribution in [-0.2, 0) is 5.88 Å². The molecule has 1 aromatic heterocycles. The van der Waals surface area contributed by atoms with Crippen LogP contribution in [-0.4, -0.2) is 4.98 Å². The van der Waals surface area contributed by atoms with Gasteiger partial charge < -0.3 is 0 Å². The highest BCUT2D eigenvalue weighted by Crippen LogP contribution is 2.19. The summed E-state index contributed by atoms with van der Waals surface area (Å²) in [4.78, 5) is 3.77. The third kappa shape index (κ3) is 2.19. The van der Waals surface area contributed by atoms with Crippen molar-refractivity contribution >= 4 is 11.6 Å². The van der Waals surface area contributed by atoms with Gasteiger partial charge in [0, 0.05) is 11.1 Å². The Hall–Kier alpha value is -1.48. The molecule has 0 atom stereocenters. The first kappa shape index (κ1) is 11.0. The fourth-order valence-electron chi connectivity index (χ4n) is 1.34. The van der Waals surface area contributed by atoms with Gasteiger partial charge in [0.15, 0.2) is 0 Å². The van der Waals surface area contributed by atoms with Crippen molar-refractivity contribution in [2.45, 2.75) is 5.88 Å². The zero-order valence-electron chi connectivity index (χ0n) is 8.25. The third-order valence-corrected chi connectivity index (χ3v) is 2.50. The van der Waals surface area contributed by atoms with Crippen molar-refractivity contribution in [3.63, 3.8) is 0 Å². The van der Waals surface area contributed by atoms with Gasteiger partial charge >= 0.3 is 0 Å². The van der Waals surface area contributed by atoms with E-state index in [1.54, 1.807) is 24.3 Å². The van der Waals surface area contributed by atoms with Crippen molar-refractivity contribution in [3.05, 3.63) is 53.7 Å². The van der Waals surface area contributed by atoms with Crippen molar-refractivity contribution in [1.29, 1.82) is 0 Å². The zero-order valence-corrected chi connectivity index (χ0v) is 9.01. The summed E-state index contributed by atoms with van der Waals surface area (Å²) >= 11 is 5.52. The summed E-state index contributed by atoms with van der Waals surface area (Å²) in [5, 5.41) is 0. The number of hydrogen-bond acceptors (Lipinski definition) is 1. The Morgan fingerprint density at radius 3 is 2.25 bits per heavy atom. The summed E-state index contributed by atoms with van der Waals surface area (Å²) in [7, 11) is 0. The molecule has 0 unspecified atom stereocenters. The van der Waals surface area contributed by atoms with Crippen LogP contribution in [0.2, 0.25) is 0 Å². The number of aromatic nitrogens is 1. The van der Waals surface area contributed by atoms with Gasteiger partial charge in [-0.3, -0.25) is 0 Å². The maximum Gasteiger partial charge on any atom is 0.217 e. The van der Waals surface area contributed by atoms with E-state index in [1.807, 2.05) is 0 Å². The van der Waals surface area contributed by atoms with Gasteiger partial charge in [0.1, 0.15) is 5.82 Å². The minimum Gasteiger partial charge on any atom is -0.219 e. The highest BCUT2D eigenvalue weighted by Gasteiger charge is 2.05. The van der Waals surface area contributed by atoms with Crippen LogP contribution in [0.1, 0.15) is 5.56 Å². The number of rotatable bonds is 2. The summed E-state index contributed by atoms with van der Waals surface area (Å²) in [6.45, 7) is 0. The first-order valence-electron chi connectivity index (χ1n) is 4.68. The van der Waals surface area contributed by atoms with Gasteiger partial charge in [-0.15, -0.1) is 11.6 Å². The van der Waals surface area contributed by atoms with Crippen LogP contribution in [0.25, 0.3) is 11.3 Å². The van der Waals surface area contributed by atoms with Crippen molar-refractivity contribution in [2.24, 2.45) is 0 Å². The van der Waals surface area contributed by atoms with Crippen molar-refractivity contribution < 1.29 is 8.78 Å². The molecule has 0 saturated heterocycles. The van der Waals surface area contributed by atoms with E-state index in [0.717, 1.165) is 0 Å². The van der Waals surface area contributed by atoms with E-state index in [2.05, 4.69) is 4.98 Å². The predicted molar refractivity (Wildman–Crippen MR) is 59.1 cm³/mol. The van der Waals surface area contributed by atoms with Crippen LogP contribution in [0, 0.1) is 11.8 Å². The molecule has 2 aromatic rings. The van der Waals surface area contributed by atoms with Gasteiger partial charge in [-0.25, -0.2) is 9.37 Å². The fourth-order valence-corrected chi connectivity index (χ4v) is 1.54. The number of pyridine rings is 1. The summed E-state index contributed by atoms with van der Waals surface area (Å²) < 4.78 is 26.0. The monoisotopic (exact) mass is 239 g/mol. The number of hydrogen-bond donors (Lipinski definition) is 0. The highest BCUT2D eigenvalue weighted by atomic mass is 35.5. The maximum absolute atomic E-state index is 13.3. The van der Waals surface area contributed by atoms with E-state index in [-0.39, 0.29) is 11.7 Å². The van der Waals surface area contributed by atoms with Gasteiger partial charge in [0.25, 0.3) is 0 Å². The molecule has 0 aliphatic carbocycles. The van der Waals surface area contributed by atoms with Gasteiger partial charge in [-0.05, 0) is 30.3 Å². The lowest BCUT2D eigenvalue weighted by molar-refractivity contribution is 0.574. The Bertz CT molecular complexity index is 497. The molecule has 1 nitrogen and oxygen atoms in total. The minimum absolute atomic E-state index is 0.0858. The molecule has 0 amide bonds. The molecule has 0 spiro atoms. The van der Waals surface area contributed by atoms with Crippen LogP contribution in [0.15, 0.2) is 36.4 Å². The van der Waals surface area contributed by atoms with Crippen molar-refractivity contribution in [2.75, 3.05) is 0 Å². The maximum atomic E-state index is 13.3. The quantitative estimate of drug-likeness (QED) is 0.574. The van der Waals surface area contributed by atoms with Crippen molar-refractivity contribution in [1.82, 2.24) is 4.98 Å². The Balaban J connectivity index is 2.41. The Morgan fingerprint density at radius 2 is 1.69 bits per heavy atom. The summed E-state index contributed by atoms with van der Waals surface area (Å²) in [5.41, 5.74) is 1.49. The highest BCUT2D eigenvalue weighted by molar-refractivity contribution is 6.17. The molecule has 0 fully saturated rings. The molecule has 0 N–H and O–H groups in total. The molecule has 0 radical (unpaired) electrons. The summed E-state index contributed by atoms with van der Waals surface area (Å²) in [5.74, 6) is -0.832. The normalized spacial score (nSPS) is 10.4. The summed E-state index contributed by atoms with van der Waals surface area (Å²) in [6, 6.07) is 8.96. The van der Waals surface area contributed by atoms with Crippen LogP contribution in [0.4, 0.5) is 8.78 Å². The van der Waals surface area contributed by atoms with E-state index in [4.69, 9.17) is 11.6 Å². The standard InChI is InChI=1S/C12H8ClF2N/c13-7-9-3-6-11(16-12(9)15)8-1-4-10(14)5-2-8/h1-6H,7H2. The molecule has 82 valence electrons. The lowest BCUT2D eigenvalue weighted by Crippen LogP contribution is -1.93. The first-order chi connectivity index (χ1) is 7.70. The van der Waals surface area contributed by atoms with Gasteiger partial charge in [-0.1, -0.05) is 6.07 Å². The van der Waals surface area contributed by atoms with E-state index >= 15 is 0 Å². The second-order valence-corrected chi connectivity index (χ2v) is 3.55. The lowest BCUT2D eigenvalue weighted by Gasteiger charge is -2.03. The molecular weight excluding hydrogens is 232 g/mol. The van der Waals surface area contributed by atoms with Crippen LogP contribution in [0.5, 0.6) is 0 Å². The average Bonchev–Trinajstić information content (AvgIpc) is 2.30. The number of benzene rings is 1. The number of halogens is 3. The molecule has 0 aliphatic rings. The average molecular weight is 240 g/mol. The molecule has 2 rings (SSSR count). The largest absolute Gasteiger partial charge is 0.219 e. The minimum atomic E-state index is -0.586. The molecule has 0 bridgehead atoms. The molecule has 1 aromatic carbocycles. The van der Waals surface area contributed by atoms with E-state index < -0.39 is 5.95 Å². The summed E-state index contributed by atoms with van der Waals surface area (Å²) in [6.07, 6.45) is 0. The van der Waals surface area contributed by atoms with Gasteiger partial charge in [0.05, 0.1) is 11.6 Å². The lowest BCUT2D eigenvalue weighted by atomic mass is 10.1. The molecule has 0 saturated carbocycles. The van der Waals surface area contributed by atoms with Gasteiger partial charge in [-0.2, -0.15) is 4.39 Å². The second kappa shape index (κ2) is 4.58. The topological polar surface area (TPSA) is 12.9 Å². The van der Waals surface area contributed by atoms with Crippen LogP contribution >= 0.6 is 11.6 Å². The number of alkyl halides is 1. The smallest absolute Gasteiger partial charge is 0.217 e. The Morgan fingerprint density at radius 1 is 1.00 bits per heavy atom. The second-order valence-electron chi connectivity index (χ2n) is 3.29. The predicted octanol–water partition coefficient (Wildman–Crippen LogP) is 3.77. The van der Waals surface area contributed by atoms with Crippen molar-refractivity contribution in [3.8, 4) is 11.3 Å².